The van der Waals surface area contributed by atoms with Crippen molar-refractivity contribution >= 4 is 5.78 Å². The summed E-state index contributed by atoms with van der Waals surface area (Å²) in [4.78, 5) is 12.0. The molecule has 1 fully saturated rings. The van der Waals surface area contributed by atoms with E-state index in [0.717, 1.165) is 43.1 Å². The van der Waals surface area contributed by atoms with Gasteiger partial charge >= 0.3 is 0 Å². The van der Waals surface area contributed by atoms with Crippen molar-refractivity contribution in [2.75, 3.05) is 13.2 Å². The minimum absolute atomic E-state index is 0.209. The standard InChI is InChI=1S/C13H18O3/c1-9-7-12(10(2)16-9)13(14)8-11-3-5-15-6-4-11/h7,11H,3-6,8H2,1-2H3. The number of carbonyl (C=O) groups is 1. The summed E-state index contributed by atoms with van der Waals surface area (Å²) in [6.45, 7) is 5.31. The molecule has 2 heterocycles. The summed E-state index contributed by atoms with van der Waals surface area (Å²) >= 11 is 0. The van der Waals surface area contributed by atoms with Crippen LogP contribution in [0, 0.1) is 19.8 Å². The highest BCUT2D eigenvalue weighted by molar-refractivity contribution is 5.97. The first-order chi connectivity index (χ1) is 7.66. The molecule has 1 aromatic rings. The number of aryl methyl sites for hydroxylation is 2. The van der Waals surface area contributed by atoms with E-state index in [-0.39, 0.29) is 5.78 Å². The van der Waals surface area contributed by atoms with Gasteiger partial charge in [-0.25, -0.2) is 0 Å². The summed E-state index contributed by atoms with van der Waals surface area (Å²) < 4.78 is 10.7. The highest BCUT2D eigenvalue weighted by Gasteiger charge is 2.20. The number of carbonyl (C=O) groups excluding carboxylic acids is 1. The van der Waals surface area contributed by atoms with E-state index in [1.165, 1.54) is 0 Å². The van der Waals surface area contributed by atoms with Crippen LogP contribution in [0.25, 0.3) is 0 Å². The molecule has 88 valence electrons. The van der Waals surface area contributed by atoms with Crippen molar-refractivity contribution in [3.63, 3.8) is 0 Å². The summed E-state index contributed by atoms with van der Waals surface area (Å²) in [6.07, 6.45) is 2.63. The van der Waals surface area contributed by atoms with Crippen LogP contribution in [0.15, 0.2) is 10.5 Å². The van der Waals surface area contributed by atoms with Gasteiger partial charge in [-0.15, -0.1) is 0 Å². The lowest BCUT2D eigenvalue weighted by Crippen LogP contribution is -2.18. The lowest BCUT2D eigenvalue weighted by molar-refractivity contribution is 0.0600. The van der Waals surface area contributed by atoms with Gasteiger partial charge in [0.25, 0.3) is 0 Å². The Balaban J connectivity index is 1.99. The van der Waals surface area contributed by atoms with E-state index in [4.69, 9.17) is 9.15 Å². The Morgan fingerprint density at radius 1 is 1.38 bits per heavy atom. The number of ether oxygens (including phenoxy) is 1. The fourth-order valence-corrected chi connectivity index (χ4v) is 2.23. The third-order valence-corrected chi connectivity index (χ3v) is 3.16. The SMILES string of the molecule is Cc1cc(C(=O)CC2CCOCC2)c(C)o1. The van der Waals surface area contributed by atoms with E-state index in [1.807, 2.05) is 19.9 Å². The van der Waals surface area contributed by atoms with Crippen LogP contribution in [0.2, 0.25) is 0 Å². The first-order valence-electron chi connectivity index (χ1n) is 5.85. The molecule has 0 unspecified atom stereocenters. The van der Waals surface area contributed by atoms with E-state index in [0.29, 0.717) is 12.3 Å². The van der Waals surface area contributed by atoms with Crippen molar-refractivity contribution in [1.29, 1.82) is 0 Å². The van der Waals surface area contributed by atoms with Gasteiger partial charge in [-0.1, -0.05) is 0 Å². The minimum atomic E-state index is 0.209. The molecule has 0 radical (unpaired) electrons. The molecule has 1 saturated heterocycles. The second kappa shape index (κ2) is 4.83. The van der Waals surface area contributed by atoms with Gasteiger partial charge in [-0.05, 0) is 38.7 Å². The predicted octanol–water partition coefficient (Wildman–Crippen LogP) is 2.90. The number of furan rings is 1. The molecule has 0 saturated carbocycles. The largest absolute Gasteiger partial charge is 0.466 e. The van der Waals surface area contributed by atoms with Crippen molar-refractivity contribution < 1.29 is 13.9 Å². The number of rotatable bonds is 3. The monoisotopic (exact) mass is 222 g/mol. The molecule has 0 bridgehead atoms. The van der Waals surface area contributed by atoms with Crippen molar-refractivity contribution in [2.24, 2.45) is 5.92 Å². The Kier molecular flexibility index (Phi) is 3.44. The van der Waals surface area contributed by atoms with Gasteiger partial charge in [-0.2, -0.15) is 0 Å². The molecule has 0 aliphatic carbocycles. The fourth-order valence-electron chi connectivity index (χ4n) is 2.23. The lowest BCUT2D eigenvalue weighted by Gasteiger charge is -2.20. The van der Waals surface area contributed by atoms with E-state index in [2.05, 4.69) is 0 Å². The Labute approximate surface area is 95.8 Å². The summed E-state index contributed by atoms with van der Waals surface area (Å²) in [5.74, 6) is 2.25. The zero-order valence-corrected chi connectivity index (χ0v) is 9.91. The van der Waals surface area contributed by atoms with Crippen molar-refractivity contribution in [1.82, 2.24) is 0 Å². The zero-order valence-electron chi connectivity index (χ0n) is 9.91. The maximum absolute atomic E-state index is 12.0. The molecule has 1 aromatic heterocycles. The van der Waals surface area contributed by atoms with E-state index in [1.54, 1.807) is 0 Å². The number of ketones is 1. The summed E-state index contributed by atoms with van der Waals surface area (Å²) in [7, 11) is 0. The lowest BCUT2D eigenvalue weighted by atomic mass is 9.92. The van der Waals surface area contributed by atoms with Crippen LogP contribution in [-0.2, 0) is 4.74 Å². The second-order valence-electron chi connectivity index (χ2n) is 4.51. The molecule has 0 atom stereocenters. The number of hydrogen-bond donors (Lipinski definition) is 0. The normalized spacial score (nSPS) is 17.6. The highest BCUT2D eigenvalue weighted by atomic mass is 16.5. The average molecular weight is 222 g/mol. The quantitative estimate of drug-likeness (QED) is 0.738. The van der Waals surface area contributed by atoms with Crippen molar-refractivity contribution in [2.45, 2.75) is 33.1 Å². The maximum Gasteiger partial charge on any atom is 0.166 e. The van der Waals surface area contributed by atoms with E-state index < -0.39 is 0 Å². The summed E-state index contributed by atoms with van der Waals surface area (Å²) in [6, 6.07) is 1.84. The molecular weight excluding hydrogens is 204 g/mol. The first-order valence-corrected chi connectivity index (χ1v) is 5.85. The van der Waals surface area contributed by atoms with Crippen LogP contribution >= 0.6 is 0 Å². The van der Waals surface area contributed by atoms with Crippen molar-refractivity contribution in [3.8, 4) is 0 Å². The average Bonchev–Trinajstić information content (AvgIpc) is 2.59. The van der Waals surface area contributed by atoms with Crippen LogP contribution in [0.3, 0.4) is 0 Å². The second-order valence-corrected chi connectivity index (χ2v) is 4.51. The molecule has 0 amide bonds. The minimum Gasteiger partial charge on any atom is -0.466 e. The van der Waals surface area contributed by atoms with E-state index >= 15 is 0 Å². The van der Waals surface area contributed by atoms with Gasteiger partial charge < -0.3 is 9.15 Å². The van der Waals surface area contributed by atoms with Gasteiger partial charge in [0.15, 0.2) is 5.78 Å². The molecule has 1 aliphatic heterocycles. The van der Waals surface area contributed by atoms with Gasteiger partial charge in [0.1, 0.15) is 11.5 Å². The van der Waals surface area contributed by atoms with Crippen LogP contribution < -0.4 is 0 Å². The molecule has 1 aliphatic rings. The van der Waals surface area contributed by atoms with Crippen LogP contribution in [0.1, 0.15) is 41.1 Å². The van der Waals surface area contributed by atoms with Crippen LogP contribution in [0.5, 0.6) is 0 Å². The molecule has 3 nitrogen and oxygen atoms in total. The van der Waals surface area contributed by atoms with Gasteiger partial charge in [0, 0.05) is 19.6 Å². The molecule has 0 spiro atoms. The maximum atomic E-state index is 12.0. The van der Waals surface area contributed by atoms with Crippen LogP contribution in [0.4, 0.5) is 0 Å². The Bertz CT molecular complexity index is 373. The molecule has 0 aromatic carbocycles. The van der Waals surface area contributed by atoms with Crippen LogP contribution in [-0.4, -0.2) is 19.0 Å². The summed E-state index contributed by atoms with van der Waals surface area (Å²) in [5, 5.41) is 0. The fraction of sp³-hybridized carbons (Fsp3) is 0.615. The van der Waals surface area contributed by atoms with Gasteiger partial charge in [0.05, 0.1) is 5.56 Å². The molecular formula is C13H18O3. The van der Waals surface area contributed by atoms with Gasteiger partial charge in [0.2, 0.25) is 0 Å². The first kappa shape index (κ1) is 11.4. The molecule has 3 heteroatoms. The number of Topliss-reactive ketones (excluding diaryl/α,β-unsaturated/α-hetero) is 1. The molecule has 16 heavy (non-hydrogen) atoms. The topological polar surface area (TPSA) is 39.4 Å². The predicted molar refractivity (Wildman–Crippen MR) is 60.7 cm³/mol. The number of hydrogen-bond acceptors (Lipinski definition) is 3. The smallest absolute Gasteiger partial charge is 0.166 e. The van der Waals surface area contributed by atoms with Crippen molar-refractivity contribution in [3.05, 3.63) is 23.2 Å². The summed E-state index contributed by atoms with van der Waals surface area (Å²) in [5.41, 5.74) is 0.754. The Hall–Kier alpha value is -1.09. The van der Waals surface area contributed by atoms with E-state index in [9.17, 15) is 4.79 Å². The van der Waals surface area contributed by atoms with Gasteiger partial charge in [-0.3, -0.25) is 4.79 Å². The zero-order chi connectivity index (χ0) is 11.5. The third-order valence-electron chi connectivity index (χ3n) is 3.16. The Morgan fingerprint density at radius 3 is 2.62 bits per heavy atom. The molecule has 2 rings (SSSR count). The molecule has 0 N–H and O–H groups in total. The Morgan fingerprint density at radius 2 is 2.06 bits per heavy atom. The highest BCUT2D eigenvalue weighted by Crippen LogP contribution is 2.23. The third kappa shape index (κ3) is 2.53.